The second-order valence-electron chi connectivity index (χ2n) is 3.70. The Kier molecular flexibility index (Phi) is 4.03. The summed E-state index contributed by atoms with van der Waals surface area (Å²) in [5.74, 6) is 1.65. The molecule has 2 aromatic rings. The van der Waals surface area contributed by atoms with Gasteiger partial charge in [0.2, 0.25) is 5.95 Å². The number of aromatic amines is 1. The van der Waals surface area contributed by atoms with Crippen molar-refractivity contribution >= 4 is 28.6 Å². The van der Waals surface area contributed by atoms with Crippen LogP contribution < -0.4 is 10.9 Å². The molecule has 0 saturated carbocycles. The molecule has 1 aromatic carbocycles. The number of hydrogen-bond acceptors (Lipinski definition) is 4. The van der Waals surface area contributed by atoms with E-state index in [1.807, 2.05) is 30.0 Å². The molecular weight excluding hydrogens is 234 g/mol. The first-order valence-corrected chi connectivity index (χ1v) is 6.92. The number of rotatable bonds is 5. The van der Waals surface area contributed by atoms with E-state index in [-0.39, 0.29) is 5.56 Å². The molecule has 4 nitrogen and oxygen atoms in total. The molecule has 0 aliphatic rings. The Balaban J connectivity index is 2.16. The van der Waals surface area contributed by atoms with Crippen molar-refractivity contribution in [2.24, 2.45) is 0 Å². The number of hydrogen-bond donors (Lipinski definition) is 2. The third-order valence-corrected chi connectivity index (χ3v) is 3.13. The second-order valence-corrected chi connectivity index (χ2v) is 4.69. The van der Waals surface area contributed by atoms with Crippen molar-refractivity contribution in [3.05, 3.63) is 34.6 Å². The van der Waals surface area contributed by atoms with E-state index in [0.29, 0.717) is 11.3 Å². The SMILES string of the molecule is CSCCCNc1nc2ccccc2c(=O)[nH]1. The molecule has 0 bridgehead atoms. The van der Waals surface area contributed by atoms with Crippen molar-refractivity contribution < 1.29 is 0 Å². The molecule has 0 aliphatic carbocycles. The van der Waals surface area contributed by atoms with Crippen LogP contribution in [-0.2, 0) is 0 Å². The third kappa shape index (κ3) is 3.00. The summed E-state index contributed by atoms with van der Waals surface area (Å²) >= 11 is 1.81. The Morgan fingerprint density at radius 2 is 2.24 bits per heavy atom. The molecule has 17 heavy (non-hydrogen) atoms. The average Bonchev–Trinajstić information content (AvgIpc) is 2.35. The van der Waals surface area contributed by atoms with E-state index in [2.05, 4.69) is 21.5 Å². The third-order valence-electron chi connectivity index (χ3n) is 2.43. The van der Waals surface area contributed by atoms with Gasteiger partial charge < -0.3 is 5.32 Å². The Hall–Kier alpha value is -1.49. The number of nitrogens with one attached hydrogen (secondary N) is 2. The van der Waals surface area contributed by atoms with E-state index in [1.54, 1.807) is 6.07 Å². The molecule has 0 unspecified atom stereocenters. The summed E-state index contributed by atoms with van der Waals surface area (Å²) in [4.78, 5) is 18.9. The lowest BCUT2D eigenvalue weighted by atomic mass is 10.2. The fraction of sp³-hybridized carbons (Fsp3) is 0.333. The average molecular weight is 249 g/mol. The number of fused-ring (bicyclic) bond motifs is 1. The van der Waals surface area contributed by atoms with E-state index in [4.69, 9.17) is 0 Å². The van der Waals surface area contributed by atoms with Gasteiger partial charge in [-0.2, -0.15) is 11.8 Å². The summed E-state index contributed by atoms with van der Waals surface area (Å²) in [5, 5.41) is 3.76. The maximum atomic E-state index is 11.7. The molecule has 90 valence electrons. The zero-order valence-corrected chi connectivity index (χ0v) is 10.5. The van der Waals surface area contributed by atoms with Crippen molar-refractivity contribution in [2.45, 2.75) is 6.42 Å². The number of para-hydroxylation sites is 1. The maximum absolute atomic E-state index is 11.7. The zero-order valence-electron chi connectivity index (χ0n) is 9.69. The lowest BCUT2D eigenvalue weighted by Crippen LogP contribution is -2.14. The number of anilines is 1. The van der Waals surface area contributed by atoms with Gasteiger partial charge in [0, 0.05) is 6.54 Å². The van der Waals surface area contributed by atoms with Gasteiger partial charge in [0.05, 0.1) is 10.9 Å². The van der Waals surface area contributed by atoms with Crippen molar-refractivity contribution in [3.63, 3.8) is 0 Å². The topological polar surface area (TPSA) is 57.8 Å². The van der Waals surface area contributed by atoms with Gasteiger partial charge in [0.25, 0.3) is 5.56 Å². The summed E-state index contributed by atoms with van der Waals surface area (Å²) in [7, 11) is 0. The van der Waals surface area contributed by atoms with Crippen LogP contribution in [0.3, 0.4) is 0 Å². The zero-order chi connectivity index (χ0) is 12.1. The van der Waals surface area contributed by atoms with Crippen molar-refractivity contribution in [2.75, 3.05) is 23.9 Å². The molecule has 1 heterocycles. The minimum atomic E-state index is -0.0945. The fourth-order valence-corrected chi connectivity index (χ4v) is 2.03. The molecular formula is C12H15N3OS. The van der Waals surface area contributed by atoms with Crippen LogP contribution in [-0.4, -0.2) is 28.5 Å². The van der Waals surface area contributed by atoms with Crippen molar-refractivity contribution in [3.8, 4) is 0 Å². The smallest absolute Gasteiger partial charge is 0.260 e. The normalized spacial score (nSPS) is 10.6. The van der Waals surface area contributed by atoms with E-state index < -0.39 is 0 Å². The van der Waals surface area contributed by atoms with Gasteiger partial charge in [-0.3, -0.25) is 9.78 Å². The molecule has 1 aromatic heterocycles. The van der Waals surface area contributed by atoms with E-state index >= 15 is 0 Å². The van der Waals surface area contributed by atoms with Crippen LogP contribution in [0.2, 0.25) is 0 Å². The van der Waals surface area contributed by atoms with Crippen LogP contribution in [0.15, 0.2) is 29.1 Å². The van der Waals surface area contributed by atoms with Crippen molar-refractivity contribution in [1.82, 2.24) is 9.97 Å². The molecule has 0 fully saturated rings. The number of aromatic nitrogens is 2. The summed E-state index contributed by atoms with van der Waals surface area (Å²) in [6, 6.07) is 7.34. The summed E-state index contributed by atoms with van der Waals surface area (Å²) < 4.78 is 0. The van der Waals surface area contributed by atoms with E-state index in [1.165, 1.54) is 0 Å². The Morgan fingerprint density at radius 1 is 1.41 bits per heavy atom. The number of thioether (sulfide) groups is 1. The molecule has 2 rings (SSSR count). The summed E-state index contributed by atoms with van der Waals surface area (Å²) in [6.45, 7) is 0.822. The van der Waals surface area contributed by atoms with Crippen molar-refractivity contribution in [1.29, 1.82) is 0 Å². The molecule has 0 aliphatic heterocycles. The van der Waals surface area contributed by atoms with Gasteiger partial charge in [-0.1, -0.05) is 12.1 Å². The quantitative estimate of drug-likeness (QED) is 0.797. The molecule has 0 saturated heterocycles. The van der Waals surface area contributed by atoms with Gasteiger partial charge in [0.1, 0.15) is 0 Å². The standard InChI is InChI=1S/C12H15N3OS/c1-17-8-4-7-13-12-14-10-6-3-2-5-9(10)11(16)15-12/h2-3,5-6H,4,7-8H2,1H3,(H2,13,14,15,16). The Bertz CT molecular complexity index is 553. The first-order chi connectivity index (χ1) is 8.31. The maximum Gasteiger partial charge on any atom is 0.260 e. The molecule has 0 radical (unpaired) electrons. The predicted octanol–water partition coefficient (Wildman–Crippen LogP) is 2.09. The monoisotopic (exact) mass is 249 g/mol. The largest absolute Gasteiger partial charge is 0.356 e. The highest BCUT2D eigenvalue weighted by molar-refractivity contribution is 7.98. The number of H-pyrrole nitrogens is 1. The first kappa shape index (κ1) is 12.0. The first-order valence-electron chi connectivity index (χ1n) is 5.53. The minimum absolute atomic E-state index is 0.0945. The highest BCUT2D eigenvalue weighted by Crippen LogP contribution is 2.07. The lowest BCUT2D eigenvalue weighted by molar-refractivity contribution is 0.964. The lowest BCUT2D eigenvalue weighted by Gasteiger charge is -2.05. The summed E-state index contributed by atoms with van der Waals surface area (Å²) in [6.07, 6.45) is 3.13. The minimum Gasteiger partial charge on any atom is -0.356 e. The fourth-order valence-electron chi connectivity index (χ4n) is 1.59. The Labute approximate surface area is 104 Å². The summed E-state index contributed by atoms with van der Waals surface area (Å²) in [5.41, 5.74) is 0.631. The van der Waals surface area contributed by atoms with Gasteiger partial charge in [-0.25, -0.2) is 4.98 Å². The number of benzene rings is 1. The Morgan fingerprint density at radius 3 is 3.06 bits per heavy atom. The molecule has 0 atom stereocenters. The molecule has 0 spiro atoms. The van der Waals surface area contributed by atoms with Crippen LogP contribution >= 0.6 is 11.8 Å². The molecule has 2 N–H and O–H groups in total. The number of nitrogens with zero attached hydrogens (tertiary/aromatic N) is 1. The van der Waals surface area contributed by atoms with Crippen LogP contribution in [0.5, 0.6) is 0 Å². The molecule has 5 heteroatoms. The van der Waals surface area contributed by atoms with Gasteiger partial charge in [-0.15, -0.1) is 0 Å². The van der Waals surface area contributed by atoms with Gasteiger partial charge >= 0.3 is 0 Å². The highest BCUT2D eigenvalue weighted by atomic mass is 32.2. The predicted molar refractivity (Wildman–Crippen MR) is 73.9 cm³/mol. The van der Waals surface area contributed by atoms with Crippen LogP contribution in [0.1, 0.15) is 6.42 Å². The van der Waals surface area contributed by atoms with Crippen LogP contribution in [0, 0.1) is 0 Å². The van der Waals surface area contributed by atoms with Crippen LogP contribution in [0.4, 0.5) is 5.95 Å². The molecule has 0 amide bonds. The van der Waals surface area contributed by atoms with Gasteiger partial charge in [-0.05, 0) is 30.6 Å². The van der Waals surface area contributed by atoms with Crippen LogP contribution in [0.25, 0.3) is 10.9 Å². The van der Waals surface area contributed by atoms with Gasteiger partial charge in [0.15, 0.2) is 0 Å². The van der Waals surface area contributed by atoms with E-state index in [0.717, 1.165) is 24.2 Å². The second kappa shape index (κ2) is 5.72. The van der Waals surface area contributed by atoms with E-state index in [9.17, 15) is 4.79 Å². The highest BCUT2D eigenvalue weighted by Gasteiger charge is 2.01.